The van der Waals surface area contributed by atoms with E-state index in [9.17, 15) is 0 Å². The van der Waals surface area contributed by atoms with Crippen LogP contribution >= 0.6 is 0 Å². The van der Waals surface area contributed by atoms with E-state index in [0.29, 0.717) is 11.8 Å². The minimum Gasteiger partial charge on any atom is -0.496 e. The van der Waals surface area contributed by atoms with Gasteiger partial charge in [-0.05, 0) is 29.9 Å². The van der Waals surface area contributed by atoms with Gasteiger partial charge in [0, 0.05) is 11.6 Å². The van der Waals surface area contributed by atoms with E-state index < -0.39 is 0 Å². The van der Waals surface area contributed by atoms with E-state index in [2.05, 4.69) is 39.8 Å². The fourth-order valence-corrected chi connectivity index (χ4v) is 2.04. The Kier molecular flexibility index (Phi) is 5.01. The first-order valence-corrected chi connectivity index (χ1v) is 6.39. The quantitative estimate of drug-likeness (QED) is 0.841. The van der Waals surface area contributed by atoms with E-state index in [4.69, 9.17) is 10.5 Å². The molecular formula is C15H25NO. The predicted octanol–water partition coefficient (Wildman–Crippen LogP) is 3.86. The van der Waals surface area contributed by atoms with E-state index in [-0.39, 0.29) is 6.04 Å². The summed E-state index contributed by atoms with van der Waals surface area (Å²) in [5.41, 5.74) is 8.71. The third-order valence-corrected chi connectivity index (χ3v) is 3.05. The van der Waals surface area contributed by atoms with Crippen LogP contribution in [0.25, 0.3) is 0 Å². The Morgan fingerprint density at radius 2 is 1.82 bits per heavy atom. The molecule has 17 heavy (non-hydrogen) atoms. The van der Waals surface area contributed by atoms with E-state index in [1.54, 1.807) is 7.11 Å². The van der Waals surface area contributed by atoms with Gasteiger partial charge in [0.15, 0.2) is 0 Å². The molecule has 0 heterocycles. The summed E-state index contributed by atoms with van der Waals surface area (Å²) in [5.74, 6) is 2.02. The zero-order chi connectivity index (χ0) is 13.0. The van der Waals surface area contributed by atoms with Crippen molar-refractivity contribution in [2.75, 3.05) is 7.11 Å². The van der Waals surface area contributed by atoms with E-state index in [0.717, 1.165) is 17.7 Å². The average molecular weight is 235 g/mol. The average Bonchev–Trinajstić information content (AvgIpc) is 2.27. The second-order valence-electron chi connectivity index (χ2n) is 5.39. The van der Waals surface area contributed by atoms with Crippen molar-refractivity contribution >= 4 is 0 Å². The molecule has 0 aliphatic carbocycles. The van der Waals surface area contributed by atoms with Gasteiger partial charge in [-0.3, -0.25) is 0 Å². The van der Waals surface area contributed by atoms with Crippen molar-refractivity contribution < 1.29 is 4.74 Å². The number of nitrogens with two attached hydrogens (primary N) is 1. The third-order valence-electron chi connectivity index (χ3n) is 3.05. The van der Waals surface area contributed by atoms with Gasteiger partial charge in [-0.15, -0.1) is 0 Å². The fourth-order valence-electron chi connectivity index (χ4n) is 2.04. The van der Waals surface area contributed by atoms with Crippen LogP contribution in [0.2, 0.25) is 0 Å². The number of hydrogen-bond donors (Lipinski definition) is 1. The molecule has 0 spiro atoms. The van der Waals surface area contributed by atoms with E-state index in [1.165, 1.54) is 5.56 Å². The van der Waals surface area contributed by atoms with Crippen LogP contribution in [0.5, 0.6) is 5.75 Å². The number of benzene rings is 1. The highest BCUT2D eigenvalue weighted by Gasteiger charge is 2.15. The Balaban J connectivity index is 3.05. The van der Waals surface area contributed by atoms with Gasteiger partial charge >= 0.3 is 0 Å². The lowest BCUT2D eigenvalue weighted by molar-refractivity contribution is 0.399. The molecule has 0 aliphatic rings. The highest BCUT2D eigenvalue weighted by molar-refractivity contribution is 5.40. The monoisotopic (exact) mass is 235 g/mol. The van der Waals surface area contributed by atoms with Gasteiger partial charge in [-0.25, -0.2) is 0 Å². The van der Waals surface area contributed by atoms with Crippen molar-refractivity contribution in [1.82, 2.24) is 0 Å². The Labute approximate surface area is 105 Å². The minimum atomic E-state index is 0.0589. The Bertz CT molecular complexity index is 358. The summed E-state index contributed by atoms with van der Waals surface area (Å²) in [7, 11) is 1.70. The number of ether oxygens (including phenoxy) is 1. The molecule has 0 unspecified atom stereocenters. The molecule has 0 fully saturated rings. The predicted molar refractivity (Wildman–Crippen MR) is 73.5 cm³/mol. The SMILES string of the molecule is COc1ccc(C(C)C)cc1[C@@H](N)CC(C)C. The van der Waals surface area contributed by atoms with Gasteiger partial charge in [0.05, 0.1) is 7.11 Å². The highest BCUT2D eigenvalue weighted by Crippen LogP contribution is 2.30. The maximum atomic E-state index is 6.26. The third kappa shape index (κ3) is 3.74. The molecule has 2 heteroatoms. The topological polar surface area (TPSA) is 35.2 Å². The second-order valence-corrected chi connectivity index (χ2v) is 5.39. The van der Waals surface area contributed by atoms with E-state index in [1.807, 2.05) is 6.07 Å². The molecule has 0 radical (unpaired) electrons. The summed E-state index contributed by atoms with van der Waals surface area (Å²) in [6, 6.07) is 6.40. The molecule has 0 bridgehead atoms. The van der Waals surface area contributed by atoms with Crippen LogP contribution in [0.4, 0.5) is 0 Å². The van der Waals surface area contributed by atoms with Crippen LogP contribution in [0, 0.1) is 5.92 Å². The van der Waals surface area contributed by atoms with Gasteiger partial charge in [0.2, 0.25) is 0 Å². The molecule has 2 nitrogen and oxygen atoms in total. The summed E-state index contributed by atoms with van der Waals surface area (Å²) < 4.78 is 5.40. The van der Waals surface area contributed by atoms with Crippen molar-refractivity contribution in [3.8, 4) is 5.75 Å². The normalized spacial score (nSPS) is 13.2. The molecule has 1 rings (SSSR count). The van der Waals surface area contributed by atoms with Crippen LogP contribution in [0.1, 0.15) is 57.2 Å². The molecule has 2 N–H and O–H groups in total. The van der Waals surface area contributed by atoms with Crippen LogP contribution in [-0.4, -0.2) is 7.11 Å². The van der Waals surface area contributed by atoms with Gasteiger partial charge in [0.1, 0.15) is 5.75 Å². The van der Waals surface area contributed by atoms with Gasteiger partial charge in [0.25, 0.3) is 0 Å². The van der Waals surface area contributed by atoms with Crippen molar-refractivity contribution in [3.63, 3.8) is 0 Å². The molecule has 1 aromatic carbocycles. The number of rotatable bonds is 5. The Morgan fingerprint density at radius 3 is 2.29 bits per heavy atom. The van der Waals surface area contributed by atoms with E-state index >= 15 is 0 Å². The number of hydrogen-bond acceptors (Lipinski definition) is 2. The molecular weight excluding hydrogens is 210 g/mol. The molecule has 0 amide bonds. The summed E-state index contributed by atoms with van der Waals surface area (Å²) in [6.07, 6.45) is 0.984. The van der Waals surface area contributed by atoms with Crippen molar-refractivity contribution in [3.05, 3.63) is 29.3 Å². The van der Waals surface area contributed by atoms with Gasteiger partial charge in [-0.1, -0.05) is 39.8 Å². The second kappa shape index (κ2) is 6.06. The summed E-state index contributed by atoms with van der Waals surface area (Å²) in [4.78, 5) is 0. The molecule has 0 saturated carbocycles. The lowest BCUT2D eigenvalue weighted by Gasteiger charge is -2.19. The Hall–Kier alpha value is -1.02. The standard InChI is InChI=1S/C15H25NO/c1-10(2)8-14(16)13-9-12(11(3)4)6-7-15(13)17-5/h6-7,9-11,14H,8,16H2,1-5H3/t14-/m0/s1. The highest BCUT2D eigenvalue weighted by atomic mass is 16.5. The van der Waals surface area contributed by atoms with Crippen LogP contribution in [-0.2, 0) is 0 Å². The van der Waals surface area contributed by atoms with Gasteiger partial charge in [-0.2, -0.15) is 0 Å². The lowest BCUT2D eigenvalue weighted by atomic mass is 9.93. The molecule has 1 atom stereocenters. The summed E-state index contributed by atoms with van der Waals surface area (Å²) in [5, 5.41) is 0. The fraction of sp³-hybridized carbons (Fsp3) is 0.600. The lowest BCUT2D eigenvalue weighted by Crippen LogP contribution is -2.14. The maximum absolute atomic E-state index is 6.26. The molecule has 0 aromatic heterocycles. The molecule has 96 valence electrons. The van der Waals surface area contributed by atoms with Crippen molar-refractivity contribution in [2.24, 2.45) is 11.7 Å². The van der Waals surface area contributed by atoms with Crippen LogP contribution in [0.3, 0.4) is 0 Å². The zero-order valence-electron chi connectivity index (χ0n) is 11.7. The van der Waals surface area contributed by atoms with Crippen molar-refractivity contribution in [2.45, 2.75) is 46.1 Å². The number of methoxy groups -OCH3 is 1. The zero-order valence-corrected chi connectivity index (χ0v) is 11.7. The Morgan fingerprint density at radius 1 is 1.18 bits per heavy atom. The molecule has 0 aliphatic heterocycles. The maximum Gasteiger partial charge on any atom is 0.123 e. The molecule has 0 saturated heterocycles. The minimum absolute atomic E-state index is 0.0589. The smallest absolute Gasteiger partial charge is 0.123 e. The van der Waals surface area contributed by atoms with Crippen LogP contribution in [0.15, 0.2) is 18.2 Å². The largest absolute Gasteiger partial charge is 0.496 e. The molecule has 1 aromatic rings. The first-order valence-electron chi connectivity index (χ1n) is 6.39. The van der Waals surface area contributed by atoms with Gasteiger partial charge < -0.3 is 10.5 Å². The van der Waals surface area contributed by atoms with Crippen LogP contribution < -0.4 is 10.5 Å². The summed E-state index contributed by atoms with van der Waals surface area (Å²) in [6.45, 7) is 8.77. The first-order chi connectivity index (χ1) is 7.95. The summed E-state index contributed by atoms with van der Waals surface area (Å²) >= 11 is 0. The first kappa shape index (κ1) is 14.0. The van der Waals surface area contributed by atoms with Crippen molar-refractivity contribution in [1.29, 1.82) is 0 Å².